The number of aliphatic hydroxyl groups excluding tert-OH is 2. The van der Waals surface area contributed by atoms with Crippen LogP contribution >= 0.6 is 0 Å². The highest BCUT2D eigenvalue weighted by Gasteiger charge is 2.50. The van der Waals surface area contributed by atoms with Crippen molar-refractivity contribution in [2.24, 2.45) is 5.92 Å². The van der Waals surface area contributed by atoms with E-state index in [0.29, 0.717) is 6.42 Å². The van der Waals surface area contributed by atoms with E-state index in [4.69, 9.17) is 23.7 Å². The lowest BCUT2D eigenvalue weighted by molar-refractivity contribution is -0.249. The standard InChI is InChI=1S/C43H52N2O16/c1-4-58-31(49)14-15-44-30(48)16-22-10-7-5-6-8-12-26(22)61-42(55)45-25-17-32(59-21(2)37(25)50)60-28-19-43(56,29(47)20-46)18-24-34(28)41(54)36-35(39(24)52)38(51)23-11-9-13-27(57-3)33(23)40(36)53/h8-9,11-13,21-22,25-26,28,32,37,46,50,52,54,56H,4-7,10,14-20H2,1-3H3,(H,44,48)(H,45,55)/b12-8+/t21-,22?,25-,26?,28-,32?,37+,43-/m0/s1. The van der Waals surface area contributed by atoms with Gasteiger partial charge in [-0.2, -0.15) is 0 Å². The first-order valence-electron chi connectivity index (χ1n) is 20.4. The summed E-state index contributed by atoms with van der Waals surface area (Å²) in [5.41, 5.74) is -4.22. The number of alkyl carbamates (subject to hydrolysis) is 1. The molecule has 18 heteroatoms. The number of Topliss-reactive ketones (excluding diaryl/α,β-unsaturated/α-hetero) is 1. The third kappa shape index (κ3) is 9.43. The number of methoxy groups -OCH3 is 1. The van der Waals surface area contributed by atoms with Gasteiger partial charge in [-0.1, -0.05) is 24.6 Å². The van der Waals surface area contributed by atoms with Crippen molar-refractivity contribution in [2.45, 2.75) is 114 Å². The topological polar surface area (TPSA) is 274 Å². The molecule has 0 radical (unpaired) electrons. The number of hydrogen-bond donors (Lipinski definition) is 7. The molecule has 61 heavy (non-hydrogen) atoms. The molecule has 18 nitrogen and oxygen atoms in total. The van der Waals surface area contributed by atoms with Gasteiger partial charge in [0, 0.05) is 54.8 Å². The Labute approximate surface area is 351 Å². The highest BCUT2D eigenvalue weighted by molar-refractivity contribution is 6.31. The van der Waals surface area contributed by atoms with Crippen molar-refractivity contribution in [3.8, 4) is 17.2 Å². The number of allylic oxidation sites excluding steroid dienone is 1. The Bertz CT molecular complexity index is 2080. The molecule has 1 fully saturated rings. The molecule has 1 aliphatic heterocycles. The fourth-order valence-corrected chi connectivity index (χ4v) is 8.59. The van der Waals surface area contributed by atoms with Crippen molar-refractivity contribution < 1.29 is 78.0 Å². The average Bonchev–Trinajstić information content (AvgIpc) is 3.21. The normalized spacial score (nSPS) is 27.5. The molecule has 2 aromatic rings. The molecule has 0 bridgehead atoms. The van der Waals surface area contributed by atoms with Gasteiger partial charge in [0.05, 0.1) is 55.1 Å². The van der Waals surface area contributed by atoms with E-state index in [1.165, 1.54) is 32.2 Å². The third-order valence-electron chi connectivity index (χ3n) is 11.7. The van der Waals surface area contributed by atoms with E-state index in [1.54, 1.807) is 13.0 Å². The molecule has 1 saturated heterocycles. The highest BCUT2D eigenvalue weighted by atomic mass is 16.7. The minimum absolute atomic E-state index is 0.00884. The van der Waals surface area contributed by atoms with Gasteiger partial charge in [-0.05, 0) is 45.3 Å². The molecule has 2 amide bonds. The zero-order valence-electron chi connectivity index (χ0n) is 34.1. The van der Waals surface area contributed by atoms with Crippen molar-refractivity contribution in [1.82, 2.24) is 10.6 Å². The number of carbonyl (C=O) groups is 6. The molecule has 3 aliphatic carbocycles. The fraction of sp³-hybridized carbons (Fsp3) is 0.535. The van der Waals surface area contributed by atoms with E-state index >= 15 is 0 Å². The lowest BCUT2D eigenvalue weighted by atomic mass is 9.72. The van der Waals surface area contributed by atoms with Gasteiger partial charge in [0.1, 0.15) is 41.7 Å². The van der Waals surface area contributed by atoms with Crippen molar-refractivity contribution in [1.29, 1.82) is 0 Å². The van der Waals surface area contributed by atoms with Crippen LogP contribution in [0.1, 0.15) is 114 Å². The number of amides is 2. The molecule has 330 valence electrons. The summed E-state index contributed by atoms with van der Waals surface area (Å²) in [6.07, 6.45) is -1.83. The number of ketones is 3. The van der Waals surface area contributed by atoms with E-state index < -0.39 is 120 Å². The van der Waals surface area contributed by atoms with E-state index in [2.05, 4.69) is 10.6 Å². The van der Waals surface area contributed by atoms with Crippen LogP contribution in [-0.2, 0) is 39.8 Å². The number of carbonyl (C=O) groups excluding carboxylic acids is 6. The number of aliphatic hydroxyl groups is 3. The number of aromatic hydroxyl groups is 2. The Morgan fingerprint density at radius 3 is 2.51 bits per heavy atom. The number of esters is 1. The summed E-state index contributed by atoms with van der Waals surface area (Å²) in [6, 6.07) is 3.21. The molecule has 0 aromatic heterocycles. The van der Waals surface area contributed by atoms with Crippen LogP contribution < -0.4 is 15.4 Å². The van der Waals surface area contributed by atoms with Crippen LogP contribution in [0.5, 0.6) is 17.2 Å². The number of fused-ring (bicyclic) bond motifs is 3. The quantitative estimate of drug-likeness (QED) is 0.0739. The number of hydrogen-bond acceptors (Lipinski definition) is 16. The summed E-state index contributed by atoms with van der Waals surface area (Å²) >= 11 is 0. The van der Waals surface area contributed by atoms with Crippen molar-refractivity contribution in [3.05, 3.63) is 63.7 Å². The Hall–Kier alpha value is -5.40. The first-order chi connectivity index (χ1) is 29.1. The summed E-state index contributed by atoms with van der Waals surface area (Å²) < 4.78 is 28.3. The van der Waals surface area contributed by atoms with Crippen molar-refractivity contribution in [2.75, 3.05) is 26.9 Å². The van der Waals surface area contributed by atoms with Gasteiger partial charge in [-0.25, -0.2) is 4.79 Å². The van der Waals surface area contributed by atoms with Gasteiger partial charge in [0.15, 0.2) is 17.9 Å². The Morgan fingerprint density at radius 1 is 1.03 bits per heavy atom. The maximum absolute atomic E-state index is 14.0. The van der Waals surface area contributed by atoms with Gasteiger partial charge in [-0.15, -0.1) is 0 Å². The molecular formula is C43H52N2O16. The predicted octanol–water partition coefficient (Wildman–Crippen LogP) is 2.34. The van der Waals surface area contributed by atoms with Gasteiger partial charge in [0.25, 0.3) is 0 Å². The molecule has 6 rings (SSSR count). The van der Waals surface area contributed by atoms with Gasteiger partial charge >= 0.3 is 12.1 Å². The van der Waals surface area contributed by atoms with Gasteiger partial charge in [-0.3, -0.25) is 24.0 Å². The number of ether oxygens (including phenoxy) is 5. The second-order valence-corrected chi connectivity index (χ2v) is 15.7. The van der Waals surface area contributed by atoms with Crippen molar-refractivity contribution in [3.63, 3.8) is 0 Å². The molecule has 0 spiro atoms. The van der Waals surface area contributed by atoms with E-state index in [0.717, 1.165) is 19.3 Å². The van der Waals surface area contributed by atoms with Crippen LogP contribution in [0.25, 0.3) is 0 Å². The number of phenolic OH excluding ortho intramolecular Hbond substituents is 2. The maximum Gasteiger partial charge on any atom is 0.408 e. The Morgan fingerprint density at radius 2 is 1.79 bits per heavy atom. The summed E-state index contributed by atoms with van der Waals surface area (Å²) in [4.78, 5) is 78.9. The Kier molecular flexibility index (Phi) is 14.1. The lowest BCUT2D eigenvalue weighted by Crippen LogP contribution is -2.56. The monoisotopic (exact) mass is 852 g/mol. The zero-order chi connectivity index (χ0) is 44.2. The van der Waals surface area contributed by atoms with Crippen LogP contribution in [0, 0.1) is 5.92 Å². The van der Waals surface area contributed by atoms with Crippen LogP contribution in [0.2, 0.25) is 0 Å². The molecule has 3 unspecified atom stereocenters. The number of phenols is 2. The second-order valence-electron chi connectivity index (χ2n) is 15.7. The van der Waals surface area contributed by atoms with Crippen LogP contribution in [0.4, 0.5) is 4.79 Å². The van der Waals surface area contributed by atoms with Crippen LogP contribution in [0.15, 0.2) is 30.4 Å². The molecule has 8 atom stereocenters. The Balaban J connectivity index is 1.23. The van der Waals surface area contributed by atoms with Crippen LogP contribution in [-0.4, -0.2) is 124 Å². The number of nitrogens with one attached hydrogen (secondary N) is 2. The molecule has 2 aromatic carbocycles. The fourth-order valence-electron chi connectivity index (χ4n) is 8.59. The third-order valence-corrected chi connectivity index (χ3v) is 11.7. The van der Waals surface area contributed by atoms with Gasteiger partial charge in [0.2, 0.25) is 11.7 Å². The van der Waals surface area contributed by atoms with Gasteiger partial charge < -0.3 is 59.9 Å². The largest absolute Gasteiger partial charge is 0.507 e. The number of rotatable bonds is 13. The van der Waals surface area contributed by atoms with E-state index in [-0.39, 0.29) is 66.3 Å². The molecular weight excluding hydrogens is 800 g/mol. The predicted molar refractivity (Wildman–Crippen MR) is 211 cm³/mol. The summed E-state index contributed by atoms with van der Waals surface area (Å²) in [5, 5.41) is 61.4. The van der Waals surface area contributed by atoms with Crippen LogP contribution in [0.3, 0.4) is 0 Å². The minimum Gasteiger partial charge on any atom is -0.507 e. The first-order valence-corrected chi connectivity index (χ1v) is 20.4. The smallest absolute Gasteiger partial charge is 0.408 e. The second kappa shape index (κ2) is 19.1. The number of benzene rings is 2. The maximum atomic E-state index is 14.0. The molecule has 4 aliphatic rings. The molecule has 1 heterocycles. The van der Waals surface area contributed by atoms with E-state index in [9.17, 15) is 54.3 Å². The summed E-state index contributed by atoms with van der Waals surface area (Å²) in [5.74, 6) is -5.37. The minimum atomic E-state index is -2.38. The van der Waals surface area contributed by atoms with Crippen molar-refractivity contribution >= 4 is 35.3 Å². The first kappa shape index (κ1) is 45.1. The lowest BCUT2D eigenvalue weighted by Gasteiger charge is -2.42. The summed E-state index contributed by atoms with van der Waals surface area (Å²) in [7, 11) is 1.30. The summed E-state index contributed by atoms with van der Waals surface area (Å²) in [6.45, 7) is 2.40. The van der Waals surface area contributed by atoms with E-state index in [1.807, 2.05) is 6.08 Å². The molecule has 7 N–H and O–H groups in total. The zero-order valence-corrected chi connectivity index (χ0v) is 34.1. The average molecular weight is 853 g/mol. The molecule has 0 saturated carbocycles. The highest BCUT2D eigenvalue weighted by Crippen LogP contribution is 2.52. The SMILES string of the molecule is CCOC(=O)CCNC(=O)CC1CCCC/C=C/C1OC(=O)N[C@H]1CC(O[C@H]2C[C@](O)(C(=O)CO)Cc3c(O)c4c(c(O)c32)C(=O)c2c(OC)cccc2C4=O)O[C@@H](C)[C@H]1O.